The number of pyridine rings is 1. The molecule has 1 amide bonds. The molecule has 1 unspecified atom stereocenters. The molecule has 0 spiro atoms. The lowest BCUT2D eigenvalue weighted by atomic mass is 10.1. The van der Waals surface area contributed by atoms with Crippen LogP contribution < -0.4 is 21.5 Å². The van der Waals surface area contributed by atoms with Crippen LogP contribution in [0.15, 0.2) is 45.8 Å². The molecule has 0 saturated carbocycles. The SMILES string of the molecule is Cn1nc(-c2ccc(C(=O)NC3CCN(c4ncc(Cl)c5c(N)noc45)C3)c(Cl)c2)ccc1=O. The van der Waals surface area contributed by atoms with Crippen LogP contribution in [0.4, 0.5) is 11.6 Å². The molecule has 3 aromatic heterocycles. The van der Waals surface area contributed by atoms with Gasteiger partial charge in [-0.25, -0.2) is 9.67 Å². The van der Waals surface area contributed by atoms with E-state index in [4.69, 9.17) is 33.5 Å². The summed E-state index contributed by atoms with van der Waals surface area (Å²) in [5, 5.41) is 12.2. The summed E-state index contributed by atoms with van der Waals surface area (Å²) >= 11 is 12.6. The van der Waals surface area contributed by atoms with E-state index in [0.717, 1.165) is 0 Å². The Morgan fingerprint density at radius 1 is 1.24 bits per heavy atom. The van der Waals surface area contributed by atoms with Crippen LogP contribution in [-0.2, 0) is 7.05 Å². The van der Waals surface area contributed by atoms with Crippen LogP contribution in [0, 0.1) is 0 Å². The fourth-order valence-electron chi connectivity index (χ4n) is 4.00. The molecule has 1 fully saturated rings. The second kappa shape index (κ2) is 8.62. The zero-order chi connectivity index (χ0) is 24.0. The molecule has 1 atom stereocenters. The lowest BCUT2D eigenvalue weighted by Crippen LogP contribution is -2.37. The molecular weight excluding hydrogens is 481 g/mol. The Morgan fingerprint density at radius 2 is 2.06 bits per heavy atom. The first-order valence-corrected chi connectivity index (χ1v) is 11.2. The van der Waals surface area contributed by atoms with Crippen molar-refractivity contribution >= 4 is 51.7 Å². The number of anilines is 2. The van der Waals surface area contributed by atoms with Crippen molar-refractivity contribution in [2.24, 2.45) is 7.05 Å². The van der Waals surface area contributed by atoms with Gasteiger partial charge in [-0.3, -0.25) is 9.59 Å². The molecule has 1 aromatic carbocycles. The van der Waals surface area contributed by atoms with Gasteiger partial charge in [0.05, 0.1) is 26.7 Å². The van der Waals surface area contributed by atoms with Gasteiger partial charge in [0.25, 0.3) is 11.5 Å². The van der Waals surface area contributed by atoms with Crippen LogP contribution in [0.25, 0.3) is 22.2 Å². The summed E-state index contributed by atoms with van der Waals surface area (Å²) in [6, 6.07) is 7.98. The first kappa shape index (κ1) is 22.2. The number of hydrogen-bond donors (Lipinski definition) is 2. The van der Waals surface area contributed by atoms with E-state index >= 15 is 0 Å². The molecule has 5 rings (SSSR count). The minimum absolute atomic E-state index is 0.124. The van der Waals surface area contributed by atoms with Crippen molar-refractivity contribution in [2.45, 2.75) is 12.5 Å². The Morgan fingerprint density at radius 3 is 2.82 bits per heavy atom. The molecule has 12 heteroatoms. The maximum atomic E-state index is 12.9. The highest BCUT2D eigenvalue weighted by Crippen LogP contribution is 2.35. The Hall–Kier alpha value is -3.63. The van der Waals surface area contributed by atoms with Gasteiger partial charge in [0.15, 0.2) is 11.6 Å². The van der Waals surface area contributed by atoms with Crippen molar-refractivity contribution in [1.29, 1.82) is 0 Å². The maximum absolute atomic E-state index is 12.9. The van der Waals surface area contributed by atoms with Crippen molar-refractivity contribution in [3.63, 3.8) is 0 Å². The quantitative estimate of drug-likeness (QED) is 0.437. The molecule has 34 heavy (non-hydrogen) atoms. The smallest absolute Gasteiger partial charge is 0.266 e. The number of amides is 1. The standard InChI is InChI=1S/C22H19Cl2N7O3/c1-30-17(32)5-4-16(28-30)11-2-3-13(14(23)8-11)22(33)27-12-6-7-31(10-12)21-19-18(15(24)9-26-21)20(25)29-34-19/h2-5,8-9,12H,6-7,10H2,1H3,(H2,25,29)(H,27,33). The number of nitrogens with one attached hydrogen (secondary N) is 1. The summed E-state index contributed by atoms with van der Waals surface area (Å²) in [5.74, 6) is 0.501. The molecule has 1 aliphatic heterocycles. The van der Waals surface area contributed by atoms with Crippen LogP contribution in [-0.4, -0.2) is 45.0 Å². The molecule has 174 valence electrons. The van der Waals surface area contributed by atoms with Gasteiger partial charge in [-0.05, 0) is 24.6 Å². The Bertz CT molecular complexity index is 1480. The summed E-state index contributed by atoms with van der Waals surface area (Å²) < 4.78 is 6.59. The topological polar surface area (TPSA) is 132 Å². The number of aryl methyl sites for hydroxylation is 1. The summed E-state index contributed by atoms with van der Waals surface area (Å²) in [7, 11) is 1.57. The third-order valence-corrected chi connectivity index (χ3v) is 6.35. The summed E-state index contributed by atoms with van der Waals surface area (Å²) in [6.07, 6.45) is 2.22. The molecule has 0 bridgehead atoms. The Kier molecular flexibility index (Phi) is 5.62. The molecule has 0 radical (unpaired) electrons. The number of nitrogens with zero attached hydrogens (tertiary/aromatic N) is 5. The summed E-state index contributed by atoms with van der Waals surface area (Å²) in [6.45, 7) is 1.17. The Balaban J connectivity index is 1.30. The predicted molar refractivity (Wildman–Crippen MR) is 129 cm³/mol. The molecule has 4 heterocycles. The van der Waals surface area contributed by atoms with Crippen molar-refractivity contribution in [2.75, 3.05) is 23.7 Å². The first-order valence-electron chi connectivity index (χ1n) is 10.4. The summed E-state index contributed by atoms with van der Waals surface area (Å²) in [4.78, 5) is 30.9. The third kappa shape index (κ3) is 3.95. The van der Waals surface area contributed by atoms with E-state index in [9.17, 15) is 9.59 Å². The lowest BCUT2D eigenvalue weighted by molar-refractivity contribution is 0.0940. The van der Waals surface area contributed by atoms with E-state index in [0.29, 0.717) is 63.2 Å². The first-order chi connectivity index (χ1) is 16.3. The van der Waals surface area contributed by atoms with Crippen molar-refractivity contribution in [3.8, 4) is 11.3 Å². The molecule has 4 aromatic rings. The van der Waals surface area contributed by atoms with E-state index in [1.54, 1.807) is 31.3 Å². The fourth-order valence-corrected chi connectivity index (χ4v) is 4.50. The fraction of sp³-hybridized carbons (Fsp3) is 0.227. The van der Waals surface area contributed by atoms with E-state index in [2.05, 4.69) is 20.6 Å². The molecule has 0 aliphatic carbocycles. The summed E-state index contributed by atoms with van der Waals surface area (Å²) in [5.41, 5.74) is 7.70. The number of aromatic nitrogens is 4. The van der Waals surface area contributed by atoms with Crippen molar-refractivity contribution in [3.05, 3.63) is 62.5 Å². The lowest BCUT2D eigenvalue weighted by Gasteiger charge is -2.18. The van der Waals surface area contributed by atoms with Gasteiger partial charge >= 0.3 is 0 Å². The van der Waals surface area contributed by atoms with Crippen LogP contribution >= 0.6 is 23.2 Å². The zero-order valence-electron chi connectivity index (χ0n) is 18.0. The minimum Gasteiger partial charge on any atom is -0.380 e. The number of fused-ring (bicyclic) bond motifs is 1. The van der Waals surface area contributed by atoms with Gasteiger partial charge < -0.3 is 20.5 Å². The average Bonchev–Trinajstić information content (AvgIpc) is 3.43. The molecule has 1 aliphatic rings. The van der Waals surface area contributed by atoms with E-state index in [1.807, 2.05) is 4.90 Å². The van der Waals surface area contributed by atoms with Gasteiger partial charge in [0.1, 0.15) is 0 Å². The van der Waals surface area contributed by atoms with E-state index in [1.165, 1.54) is 16.9 Å². The van der Waals surface area contributed by atoms with Crippen molar-refractivity contribution < 1.29 is 9.32 Å². The van der Waals surface area contributed by atoms with Crippen LogP contribution in [0.2, 0.25) is 10.0 Å². The zero-order valence-corrected chi connectivity index (χ0v) is 19.5. The number of rotatable bonds is 4. The Labute approximate surface area is 203 Å². The van der Waals surface area contributed by atoms with Crippen LogP contribution in [0.3, 0.4) is 0 Å². The highest BCUT2D eigenvalue weighted by molar-refractivity contribution is 6.36. The van der Waals surface area contributed by atoms with E-state index in [-0.39, 0.29) is 23.3 Å². The van der Waals surface area contributed by atoms with E-state index < -0.39 is 0 Å². The highest BCUT2D eigenvalue weighted by atomic mass is 35.5. The van der Waals surface area contributed by atoms with Gasteiger partial charge in [-0.1, -0.05) is 34.4 Å². The largest absolute Gasteiger partial charge is 0.380 e. The highest BCUT2D eigenvalue weighted by Gasteiger charge is 2.29. The molecule has 3 N–H and O–H groups in total. The van der Waals surface area contributed by atoms with Crippen LogP contribution in [0.5, 0.6) is 0 Å². The number of halogens is 2. The van der Waals surface area contributed by atoms with Gasteiger partial charge in [-0.2, -0.15) is 5.10 Å². The minimum atomic E-state index is -0.282. The second-order valence-electron chi connectivity index (χ2n) is 7.98. The third-order valence-electron chi connectivity index (χ3n) is 5.75. The number of carbonyl (C=O) groups excluding carboxylic acids is 1. The monoisotopic (exact) mass is 499 g/mol. The second-order valence-corrected chi connectivity index (χ2v) is 8.80. The predicted octanol–water partition coefficient (Wildman–Crippen LogP) is 2.88. The number of carbonyl (C=O) groups is 1. The maximum Gasteiger partial charge on any atom is 0.266 e. The molecular formula is C22H19Cl2N7O3. The molecule has 10 nitrogen and oxygen atoms in total. The van der Waals surface area contributed by atoms with Gasteiger partial charge in [0, 0.05) is 44.0 Å². The number of nitrogen functional groups attached to an aromatic ring is 1. The average molecular weight is 500 g/mol. The number of hydrogen-bond acceptors (Lipinski definition) is 8. The van der Waals surface area contributed by atoms with Crippen molar-refractivity contribution in [1.82, 2.24) is 25.2 Å². The number of benzene rings is 1. The van der Waals surface area contributed by atoms with Gasteiger partial charge in [-0.15, -0.1) is 0 Å². The normalized spacial score (nSPS) is 15.7. The molecule has 1 saturated heterocycles. The van der Waals surface area contributed by atoms with Gasteiger partial charge in [0.2, 0.25) is 5.58 Å². The number of nitrogens with two attached hydrogens (primary N) is 1. The van der Waals surface area contributed by atoms with Crippen LogP contribution in [0.1, 0.15) is 16.8 Å².